The van der Waals surface area contributed by atoms with E-state index in [9.17, 15) is 4.79 Å². The summed E-state index contributed by atoms with van der Waals surface area (Å²) in [7, 11) is 1.55. The van der Waals surface area contributed by atoms with Crippen LogP contribution in [0.15, 0.2) is 47.6 Å². The maximum atomic E-state index is 12.2. The number of methoxy groups -OCH3 is 1. The number of benzene rings is 2. The van der Waals surface area contributed by atoms with Crippen LogP contribution in [-0.4, -0.2) is 33.6 Å². The Bertz CT molecular complexity index is 985. The lowest BCUT2D eigenvalue weighted by Gasteiger charge is -2.09. The average molecular weight is 414 g/mol. The van der Waals surface area contributed by atoms with E-state index < -0.39 is 0 Å². The van der Waals surface area contributed by atoms with E-state index in [1.807, 2.05) is 38.1 Å². The third-order valence-electron chi connectivity index (χ3n) is 4.01. The van der Waals surface area contributed by atoms with Gasteiger partial charge in [-0.3, -0.25) is 4.79 Å². The molecule has 3 aromatic rings. The summed E-state index contributed by atoms with van der Waals surface area (Å²) in [5, 5.41) is 11.3. The molecule has 2 aromatic carbocycles. The number of carbonyl (C=O) groups is 1. The molecule has 0 aliphatic carbocycles. The van der Waals surface area contributed by atoms with E-state index in [0.717, 1.165) is 16.9 Å². The lowest BCUT2D eigenvalue weighted by Crippen LogP contribution is -2.18. The quantitative estimate of drug-likeness (QED) is 0.432. The SMILES string of the molecule is COc1ccccc1NC(=O)CSc1nnc(COc2cc(C)cc(C)c2)n1N. The van der Waals surface area contributed by atoms with Gasteiger partial charge in [0.15, 0.2) is 5.82 Å². The van der Waals surface area contributed by atoms with Gasteiger partial charge in [0, 0.05) is 0 Å². The number of thioether (sulfide) groups is 1. The van der Waals surface area contributed by atoms with Crippen molar-refractivity contribution in [2.45, 2.75) is 25.6 Å². The van der Waals surface area contributed by atoms with Crippen LogP contribution in [0.25, 0.3) is 0 Å². The molecule has 0 aliphatic rings. The number of nitrogens with one attached hydrogen (secondary N) is 1. The van der Waals surface area contributed by atoms with Gasteiger partial charge in [0.05, 0.1) is 18.6 Å². The van der Waals surface area contributed by atoms with Crippen LogP contribution in [0.1, 0.15) is 17.0 Å². The first-order valence-corrected chi connectivity index (χ1v) is 9.91. The van der Waals surface area contributed by atoms with Crippen LogP contribution in [0.5, 0.6) is 11.5 Å². The van der Waals surface area contributed by atoms with Crippen molar-refractivity contribution in [2.24, 2.45) is 0 Å². The molecule has 3 rings (SSSR count). The Morgan fingerprint density at radius 1 is 1.17 bits per heavy atom. The number of rotatable bonds is 8. The van der Waals surface area contributed by atoms with Gasteiger partial charge in [0.25, 0.3) is 0 Å². The number of ether oxygens (including phenoxy) is 2. The topological polar surface area (TPSA) is 104 Å². The number of aryl methyl sites for hydroxylation is 2. The van der Waals surface area contributed by atoms with E-state index in [1.54, 1.807) is 19.2 Å². The minimum absolute atomic E-state index is 0.130. The molecule has 0 fully saturated rings. The zero-order chi connectivity index (χ0) is 20.8. The summed E-state index contributed by atoms with van der Waals surface area (Å²) in [5.41, 5.74) is 2.84. The van der Waals surface area contributed by atoms with Gasteiger partial charge in [-0.1, -0.05) is 30.0 Å². The summed E-state index contributed by atoms with van der Waals surface area (Å²) in [4.78, 5) is 12.2. The molecule has 0 radical (unpaired) electrons. The highest BCUT2D eigenvalue weighted by Gasteiger charge is 2.14. The van der Waals surface area contributed by atoms with Gasteiger partial charge in [-0.15, -0.1) is 10.2 Å². The van der Waals surface area contributed by atoms with Crippen molar-refractivity contribution in [2.75, 3.05) is 24.0 Å². The van der Waals surface area contributed by atoms with Crippen molar-refractivity contribution in [3.63, 3.8) is 0 Å². The predicted molar refractivity (Wildman–Crippen MR) is 113 cm³/mol. The number of aromatic nitrogens is 3. The standard InChI is InChI=1S/C20H23N5O3S/c1-13-8-14(2)10-15(9-13)28-11-18-23-24-20(25(18)21)29-12-19(26)22-16-6-4-5-7-17(16)27-3/h4-10H,11-12,21H2,1-3H3,(H,22,26). The highest BCUT2D eigenvalue weighted by atomic mass is 32.2. The van der Waals surface area contributed by atoms with E-state index in [-0.39, 0.29) is 18.3 Å². The molecule has 3 N–H and O–H groups in total. The average Bonchev–Trinajstić information content (AvgIpc) is 3.04. The third-order valence-corrected chi connectivity index (χ3v) is 4.95. The molecule has 0 unspecified atom stereocenters. The fourth-order valence-corrected chi connectivity index (χ4v) is 3.41. The minimum atomic E-state index is -0.199. The molecule has 9 heteroatoms. The van der Waals surface area contributed by atoms with Gasteiger partial charge in [0.2, 0.25) is 11.1 Å². The number of amides is 1. The normalized spacial score (nSPS) is 10.6. The summed E-state index contributed by atoms with van der Waals surface area (Å²) >= 11 is 1.19. The molecule has 1 heterocycles. The van der Waals surface area contributed by atoms with Gasteiger partial charge in [-0.05, 0) is 49.2 Å². The fourth-order valence-electron chi connectivity index (χ4n) is 2.73. The van der Waals surface area contributed by atoms with Crippen molar-refractivity contribution in [1.82, 2.24) is 14.9 Å². The van der Waals surface area contributed by atoms with E-state index >= 15 is 0 Å². The zero-order valence-electron chi connectivity index (χ0n) is 16.5. The number of nitrogens with two attached hydrogens (primary N) is 1. The number of anilines is 1. The van der Waals surface area contributed by atoms with E-state index in [0.29, 0.717) is 22.4 Å². The Morgan fingerprint density at radius 2 is 1.90 bits per heavy atom. The number of nitrogen functional groups attached to an aromatic ring is 1. The Hall–Kier alpha value is -3.20. The lowest BCUT2D eigenvalue weighted by molar-refractivity contribution is -0.113. The van der Waals surface area contributed by atoms with Crippen molar-refractivity contribution in [1.29, 1.82) is 0 Å². The smallest absolute Gasteiger partial charge is 0.234 e. The molecule has 152 valence electrons. The van der Waals surface area contributed by atoms with Crippen LogP contribution in [0, 0.1) is 13.8 Å². The number of para-hydroxylation sites is 2. The van der Waals surface area contributed by atoms with E-state index in [1.165, 1.54) is 16.4 Å². The number of nitrogens with zero attached hydrogens (tertiary/aromatic N) is 3. The summed E-state index contributed by atoms with van der Waals surface area (Å²) in [5.74, 6) is 7.79. The van der Waals surface area contributed by atoms with Crippen molar-refractivity contribution in [3.05, 3.63) is 59.4 Å². The number of hydrogen-bond acceptors (Lipinski definition) is 7. The number of hydrogen-bond donors (Lipinski definition) is 2. The van der Waals surface area contributed by atoms with Gasteiger partial charge in [-0.25, -0.2) is 4.68 Å². The van der Waals surface area contributed by atoms with Gasteiger partial charge < -0.3 is 20.6 Å². The molecule has 8 nitrogen and oxygen atoms in total. The van der Waals surface area contributed by atoms with Crippen LogP contribution in [0.2, 0.25) is 0 Å². The molecular formula is C20H23N5O3S. The van der Waals surface area contributed by atoms with E-state index in [2.05, 4.69) is 21.6 Å². The van der Waals surface area contributed by atoms with Crippen LogP contribution in [0.4, 0.5) is 5.69 Å². The second-order valence-corrected chi connectivity index (χ2v) is 7.36. The minimum Gasteiger partial charge on any atom is -0.495 e. The zero-order valence-corrected chi connectivity index (χ0v) is 17.3. The second kappa shape index (κ2) is 9.33. The third kappa shape index (κ3) is 5.41. The van der Waals surface area contributed by atoms with Crippen LogP contribution in [-0.2, 0) is 11.4 Å². The largest absolute Gasteiger partial charge is 0.495 e. The highest BCUT2D eigenvalue weighted by molar-refractivity contribution is 7.99. The van der Waals surface area contributed by atoms with Gasteiger partial charge >= 0.3 is 0 Å². The highest BCUT2D eigenvalue weighted by Crippen LogP contribution is 2.24. The first-order chi connectivity index (χ1) is 14.0. The molecule has 1 amide bonds. The van der Waals surface area contributed by atoms with Crippen molar-refractivity contribution >= 4 is 23.4 Å². The summed E-state index contributed by atoms with van der Waals surface area (Å²) < 4.78 is 12.3. The lowest BCUT2D eigenvalue weighted by atomic mass is 10.1. The Morgan fingerprint density at radius 3 is 2.62 bits per heavy atom. The monoisotopic (exact) mass is 413 g/mol. The van der Waals surface area contributed by atoms with Gasteiger partial charge in [0.1, 0.15) is 18.1 Å². The molecule has 29 heavy (non-hydrogen) atoms. The van der Waals surface area contributed by atoms with Crippen LogP contribution < -0.4 is 20.6 Å². The molecule has 0 aliphatic heterocycles. The molecule has 1 aromatic heterocycles. The Balaban J connectivity index is 1.56. The second-order valence-electron chi connectivity index (χ2n) is 6.42. The molecule has 0 bridgehead atoms. The number of carbonyl (C=O) groups excluding carboxylic acids is 1. The molecule has 0 spiro atoms. The Labute approximate surface area is 173 Å². The maximum Gasteiger partial charge on any atom is 0.234 e. The maximum absolute atomic E-state index is 12.2. The first-order valence-electron chi connectivity index (χ1n) is 8.92. The summed E-state index contributed by atoms with van der Waals surface area (Å²) in [6.07, 6.45) is 0. The van der Waals surface area contributed by atoms with Crippen molar-refractivity contribution < 1.29 is 14.3 Å². The molecule has 0 atom stereocenters. The molecule has 0 saturated heterocycles. The summed E-state index contributed by atoms with van der Waals surface area (Å²) in [6.45, 7) is 4.20. The van der Waals surface area contributed by atoms with Crippen molar-refractivity contribution in [3.8, 4) is 11.5 Å². The fraction of sp³-hybridized carbons (Fsp3) is 0.250. The Kier molecular flexibility index (Phi) is 6.61. The van der Waals surface area contributed by atoms with Gasteiger partial charge in [-0.2, -0.15) is 0 Å². The molecule has 0 saturated carbocycles. The van der Waals surface area contributed by atoms with Crippen LogP contribution >= 0.6 is 11.8 Å². The van der Waals surface area contributed by atoms with Crippen LogP contribution in [0.3, 0.4) is 0 Å². The molecular weight excluding hydrogens is 390 g/mol. The first kappa shape index (κ1) is 20.5. The van der Waals surface area contributed by atoms with E-state index in [4.69, 9.17) is 15.3 Å². The predicted octanol–water partition coefficient (Wildman–Crippen LogP) is 2.93. The summed E-state index contributed by atoms with van der Waals surface area (Å²) in [6, 6.07) is 13.2.